The van der Waals surface area contributed by atoms with E-state index in [4.69, 9.17) is 26.0 Å². The van der Waals surface area contributed by atoms with Crippen molar-refractivity contribution in [2.24, 2.45) is 0 Å². The summed E-state index contributed by atoms with van der Waals surface area (Å²) in [6.07, 6.45) is 1.56. The minimum absolute atomic E-state index is 0. The SMILES string of the molecule is Cl.N#Cc1cc(F)c(Cl)cc1OC1(c2ccco2)CNC1. The van der Waals surface area contributed by atoms with Crippen molar-refractivity contribution < 1.29 is 13.5 Å². The third kappa shape index (κ3) is 2.70. The zero-order valence-electron chi connectivity index (χ0n) is 10.7. The minimum atomic E-state index is -0.684. The molecule has 1 fully saturated rings. The molecule has 110 valence electrons. The first-order chi connectivity index (χ1) is 9.64. The number of halogens is 3. The Hall–Kier alpha value is -1.74. The summed E-state index contributed by atoms with van der Waals surface area (Å²) in [6, 6.07) is 7.86. The quantitative estimate of drug-likeness (QED) is 0.939. The number of furan rings is 1. The Morgan fingerprint density at radius 2 is 2.19 bits per heavy atom. The van der Waals surface area contributed by atoms with Gasteiger partial charge in [0.15, 0.2) is 5.60 Å². The van der Waals surface area contributed by atoms with Crippen LogP contribution in [0.5, 0.6) is 5.75 Å². The van der Waals surface area contributed by atoms with Crippen molar-refractivity contribution in [3.05, 3.63) is 52.7 Å². The second-order valence-electron chi connectivity index (χ2n) is 4.55. The molecule has 2 heterocycles. The van der Waals surface area contributed by atoms with Gasteiger partial charge in [0.25, 0.3) is 0 Å². The summed E-state index contributed by atoms with van der Waals surface area (Å²) < 4.78 is 24.7. The molecule has 0 atom stereocenters. The number of rotatable bonds is 3. The van der Waals surface area contributed by atoms with Gasteiger partial charge in [-0.1, -0.05) is 11.6 Å². The van der Waals surface area contributed by atoms with Crippen LogP contribution in [0, 0.1) is 17.1 Å². The van der Waals surface area contributed by atoms with E-state index >= 15 is 0 Å². The summed E-state index contributed by atoms with van der Waals surface area (Å²) in [5.41, 5.74) is -0.583. The van der Waals surface area contributed by atoms with Gasteiger partial charge in [-0.15, -0.1) is 12.4 Å². The molecule has 1 aliphatic heterocycles. The van der Waals surface area contributed by atoms with Crippen LogP contribution < -0.4 is 10.1 Å². The summed E-state index contributed by atoms with van der Waals surface area (Å²) in [5, 5.41) is 12.1. The van der Waals surface area contributed by atoms with Crippen molar-refractivity contribution in [3.63, 3.8) is 0 Å². The van der Waals surface area contributed by atoms with E-state index in [1.54, 1.807) is 18.4 Å². The highest BCUT2D eigenvalue weighted by molar-refractivity contribution is 6.30. The first-order valence-corrected chi connectivity index (χ1v) is 6.35. The molecule has 0 aliphatic carbocycles. The van der Waals surface area contributed by atoms with Crippen molar-refractivity contribution in [3.8, 4) is 11.8 Å². The van der Waals surface area contributed by atoms with Gasteiger partial charge in [0, 0.05) is 19.2 Å². The fourth-order valence-corrected chi connectivity index (χ4v) is 2.25. The Kier molecular flexibility index (Phi) is 4.43. The van der Waals surface area contributed by atoms with Gasteiger partial charge >= 0.3 is 0 Å². The van der Waals surface area contributed by atoms with Gasteiger partial charge < -0.3 is 14.5 Å². The van der Waals surface area contributed by atoms with Crippen LogP contribution in [-0.4, -0.2) is 13.1 Å². The van der Waals surface area contributed by atoms with E-state index in [1.807, 2.05) is 6.07 Å². The molecule has 0 bridgehead atoms. The van der Waals surface area contributed by atoms with Crippen LogP contribution in [0.1, 0.15) is 11.3 Å². The molecule has 0 saturated carbocycles. The Balaban J connectivity index is 0.00000161. The molecule has 1 aromatic carbocycles. The van der Waals surface area contributed by atoms with Crippen LogP contribution in [0.15, 0.2) is 34.9 Å². The number of hydrogen-bond donors (Lipinski definition) is 1. The van der Waals surface area contributed by atoms with E-state index in [0.29, 0.717) is 18.8 Å². The van der Waals surface area contributed by atoms with Crippen molar-refractivity contribution in [1.29, 1.82) is 5.26 Å². The monoisotopic (exact) mass is 328 g/mol. The average Bonchev–Trinajstić information content (AvgIpc) is 2.91. The molecule has 2 aromatic rings. The molecule has 7 heteroatoms. The van der Waals surface area contributed by atoms with E-state index in [9.17, 15) is 4.39 Å². The number of nitrogens with zero attached hydrogens (tertiary/aromatic N) is 1. The predicted octanol–water partition coefficient (Wildman–Crippen LogP) is 3.24. The largest absolute Gasteiger partial charge is 0.475 e. The fraction of sp³-hybridized carbons (Fsp3) is 0.214. The lowest BCUT2D eigenvalue weighted by Gasteiger charge is -2.40. The number of benzene rings is 1. The topological polar surface area (TPSA) is 58.2 Å². The van der Waals surface area contributed by atoms with Crippen molar-refractivity contribution >= 4 is 24.0 Å². The summed E-state index contributed by atoms with van der Waals surface area (Å²) in [4.78, 5) is 0. The van der Waals surface area contributed by atoms with Gasteiger partial charge in [0.05, 0.1) is 16.8 Å². The normalized spacial score (nSPS) is 15.5. The highest BCUT2D eigenvalue weighted by Crippen LogP contribution is 2.35. The molecule has 1 aliphatic rings. The van der Waals surface area contributed by atoms with Gasteiger partial charge in [0.1, 0.15) is 23.4 Å². The number of nitriles is 1. The highest BCUT2D eigenvalue weighted by Gasteiger charge is 2.44. The van der Waals surface area contributed by atoms with Crippen LogP contribution in [-0.2, 0) is 5.60 Å². The molecular formula is C14H11Cl2FN2O2. The second kappa shape index (κ2) is 5.94. The molecule has 4 nitrogen and oxygen atoms in total. The average molecular weight is 329 g/mol. The van der Waals surface area contributed by atoms with E-state index in [-0.39, 0.29) is 28.7 Å². The summed E-state index contributed by atoms with van der Waals surface area (Å²) >= 11 is 5.75. The lowest BCUT2D eigenvalue weighted by molar-refractivity contribution is -0.00773. The van der Waals surface area contributed by atoms with Crippen LogP contribution in [0.3, 0.4) is 0 Å². The summed E-state index contributed by atoms with van der Waals surface area (Å²) in [5.74, 6) is 0.256. The van der Waals surface area contributed by atoms with Crippen molar-refractivity contribution in [2.75, 3.05) is 13.1 Å². The van der Waals surface area contributed by atoms with Crippen LogP contribution in [0.2, 0.25) is 5.02 Å². The molecule has 0 spiro atoms. The highest BCUT2D eigenvalue weighted by atomic mass is 35.5. The maximum Gasteiger partial charge on any atom is 0.191 e. The molecular weight excluding hydrogens is 318 g/mol. The van der Waals surface area contributed by atoms with Crippen molar-refractivity contribution in [1.82, 2.24) is 5.32 Å². The maximum atomic E-state index is 13.4. The fourth-order valence-electron chi connectivity index (χ4n) is 2.10. The molecule has 1 saturated heterocycles. The third-order valence-electron chi connectivity index (χ3n) is 3.24. The molecule has 0 radical (unpaired) electrons. The van der Waals surface area contributed by atoms with Crippen LogP contribution >= 0.6 is 24.0 Å². The van der Waals surface area contributed by atoms with E-state index in [0.717, 1.165) is 6.07 Å². The number of ether oxygens (including phenoxy) is 1. The Labute approximate surface area is 131 Å². The van der Waals surface area contributed by atoms with Gasteiger partial charge in [-0.2, -0.15) is 5.26 Å². The van der Waals surface area contributed by atoms with Gasteiger partial charge in [-0.05, 0) is 18.2 Å². The summed E-state index contributed by atoms with van der Waals surface area (Å²) in [6.45, 7) is 1.08. The first-order valence-electron chi connectivity index (χ1n) is 5.97. The number of nitrogens with one attached hydrogen (secondary N) is 1. The van der Waals surface area contributed by atoms with E-state index < -0.39 is 11.4 Å². The molecule has 21 heavy (non-hydrogen) atoms. The Morgan fingerprint density at radius 3 is 2.71 bits per heavy atom. The first kappa shape index (κ1) is 15.6. The van der Waals surface area contributed by atoms with E-state index in [1.165, 1.54) is 6.07 Å². The van der Waals surface area contributed by atoms with Gasteiger partial charge in [-0.25, -0.2) is 4.39 Å². The molecule has 1 N–H and O–H groups in total. The summed E-state index contributed by atoms with van der Waals surface area (Å²) in [7, 11) is 0. The molecule has 0 amide bonds. The molecule has 3 rings (SSSR count). The standard InChI is InChI=1S/C14H10ClFN2O2.ClH/c15-10-5-12(9(6-17)4-11(10)16)20-14(7-18-8-14)13-2-1-3-19-13;/h1-5,18H,7-8H2;1H. The van der Waals surface area contributed by atoms with Crippen LogP contribution in [0.25, 0.3) is 0 Å². The third-order valence-corrected chi connectivity index (χ3v) is 3.53. The van der Waals surface area contributed by atoms with Gasteiger partial charge in [0.2, 0.25) is 0 Å². The molecule has 1 aromatic heterocycles. The van der Waals surface area contributed by atoms with Gasteiger partial charge in [-0.3, -0.25) is 0 Å². The number of hydrogen-bond acceptors (Lipinski definition) is 4. The van der Waals surface area contributed by atoms with Crippen LogP contribution in [0.4, 0.5) is 4.39 Å². The minimum Gasteiger partial charge on any atom is -0.475 e. The lowest BCUT2D eigenvalue weighted by Crippen LogP contribution is -2.60. The smallest absolute Gasteiger partial charge is 0.191 e. The van der Waals surface area contributed by atoms with E-state index in [2.05, 4.69) is 5.32 Å². The predicted molar refractivity (Wildman–Crippen MR) is 77.3 cm³/mol. The lowest BCUT2D eigenvalue weighted by atomic mass is 9.93. The Bertz CT molecular complexity index is 679. The Morgan fingerprint density at radius 1 is 1.43 bits per heavy atom. The zero-order chi connectivity index (χ0) is 14.2. The zero-order valence-corrected chi connectivity index (χ0v) is 12.3. The molecule has 0 unspecified atom stereocenters. The maximum absolute atomic E-state index is 13.4. The second-order valence-corrected chi connectivity index (χ2v) is 4.96. The van der Waals surface area contributed by atoms with Crippen molar-refractivity contribution in [2.45, 2.75) is 5.60 Å².